The van der Waals surface area contributed by atoms with E-state index in [2.05, 4.69) is 23.8 Å². The van der Waals surface area contributed by atoms with Crippen molar-refractivity contribution < 1.29 is 33.8 Å². The maximum atomic E-state index is 13.7. The average molecular weight is 662 g/mol. The number of alkyl carbamates (subject to hydrolysis) is 1. The third kappa shape index (κ3) is 13.7. The predicted molar refractivity (Wildman–Crippen MR) is 184 cm³/mol. The molecule has 1 fully saturated rings. The standard InChI is InChI=1S/C38H51N3O7/c1-3-14-32(25-35(43)41(22-23-42)26-30-18-10-6-11-19-30)36(44)39-33(24-29-16-8-5-9-17-29)28-47-37(45)34(15-4-2)40-38(46)48-27-31-20-12-7-13-21-31/h3-4,6-7,10-13,18-21,29,32-34,42H,1-2,5,8-9,14-17,22-28H2,(H,39,44)(H,40,46). The van der Waals surface area contributed by atoms with E-state index in [-0.39, 0.29) is 57.4 Å². The highest BCUT2D eigenvalue weighted by Gasteiger charge is 2.29. The summed E-state index contributed by atoms with van der Waals surface area (Å²) in [5.74, 6) is -1.56. The van der Waals surface area contributed by atoms with Gasteiger partial charge in [-0.05, 0) is 36.3 Å². The Morgan fingerprint density at radius 2 is 1.52 bits per heavy atom. The maximum Gasteiger partial charge on any atom is 0.408 e. The van der Waals surface area contributed by atoms with Crippen LogP contribution in [0, 0.1) is 11.8 Å². The fourth-order valence-electron chi connectivity index (χ4n) is 5.92. The molecule has 3 atom stereocenters. The molecule has 0 aliphatic heterocycles. The van der Waals surface area contributed by atoms with Crippen molar-refractivity contribution in [1.82, 2.24) is 15.5 Å². The summed E-state index contributed by atoms with van der Waals surface area (Å²) in [6.45, 7) is 7.73. The van der Waals surface area contributed by atoms with Gasteiger partial charge in [-0.2, -0.15) is 0 Å². The number of ether oxygens (including phenoxy) is 2. The van der Waals surface area contributed by atoms with Gasteiger partial charge in [-0.3, -0.25) is 9.59 Å². The average Bonchev–Trinajstić information content (AvgIpc) is 3.10. The second kappa shape index (κ2) is 21.4. The lowest BCUT2D eigenvalue weighted by molar-refractivity contribution is -0.147. The van der Waals surface area contributed by atoms with Crippen molar-refractivity contribution in [3.05, 3.63) is 97.1 Å². The molecule has 0 saturated heterocycles. The van der Waals surface area contributed by atoms with Gasteiger partial charge in [0.2, 0.25) is 11.8 Å². The number of allylic oxidation sites excluding steroid dienone is 1. The second-order valence-corrected chi connectivity index (χ2v) is 12.3. The number of aliphatic hydroxyl groups excluding tert-OH is 1. The van der Waals surface area contributed by atoms with E-state index in [0.717, 1.165) is 36.8 Å². The van der Waals surface area contributed by atoms with Crippen LogP contribution < -0.4 is 10.6 Å². The molecule has 3 rings (SSSR count). The van der Waals surface area contributed by atoms with E-state index >= 15 is 0 Å². The Kier molecular flexibility index (Phi) is 17.0. The molecule has 1 aliphatic carbocycles. The first-order valence-electron chi connectivity index (χ1n) is 16.9. The van der Waals surface area contributed by atoms with Crippen LogP contribution >= 0.6 is 0 Å². The van der Waals surface area contributed by atoms with Crippen LogP contribution in [0.25, 0.3) is 0 Å². The first kappa shape index (κ1) is 38.0. The van der Waals surface area contributed by atoms with Crippen molar-refractivity contribution in [2.45, 2.75) is 83.0 Å². The van der Waals surface area contributed by atoms with Gasteiger partial charge in [0.1, 0.15) is 19.3 Å². The first-order chi connectivity index (χ1) is 23.3. The number of esters is 1. The molecule has 3 N–H and O–H groups in total. The minimum absolute atomic E-state index is 0.0520. The van der Waals surface area contributed by atoms with Gasteiger partial charge in [0, 0.05) is 19.5 Å². The number of hydrogen-bond acceptors (Lipinski definition) is 7. The normalized spacial score (nSPS) is 14.9. The molecule has 48 heavy (non-hydrogen) atoms. The van der Waals surface area contributed by atoms with Gasteiger partial charge >= 0.3 is 12.1 Å². The number of rotatable bonds is 20. The van der Waals surface area contributed by atoms with Crippen molar-refractivity contribution in [1.29, 1.82) is 0 Å². The summed E-state index contributed by atoms with van der Waals surface area (Å²) in [7, 11) is 0. The number of carbonyl (C=O) groups is 4. The lowest BCUT2D eigenvalue weighted by atomic mass is 9.84. The lowest BCUT2D eigenvalue weighted by Gasteiger charge is -2.29. The smallest absolute Gasteiger partial charge is 0.408 e. The van der Waals surface area contributed by atoms with Crippen molar-refractivity contribution in [3.8, 4) is 0 Å². The third-order valence-corrected chi connectivity index (χ3v) is 8.49. The highest BCUT2D eigenvalue weighted by Crippen LogP contribution is 2.28. The number of amides is 3. The number of hydrogen-bond donors (Lipinski definition) is 3. The molecule has 3 amide bonds. The van der Waals surface area contributed by atoms with Crippen molar-refractivity contribution >= 4 is 23.9 Å². The summed E-state index contributed by atoms with van der Waals surface area (Å²) in [5, 5.41) is 15.2. The largest absolute Gasteiger partial charge is 0.462 e. The third-order valence-electron chi connectivity index (χ3n) is 8.49. The van der Waals surface area contributed by atoms with Gasteiger partial charge in [-0.25, -0.2) is 9.59 Å². The molecule has 1 saturated carbocycles. The summed E-state index contributed by atoms with van der Waals surface area (Å²) >= 11 is 0. The predicted octanol–water partition coefficient (Wildman–Crippen LogP) is 5.46. The molecule has 0 radical (unpaired) electrons. The first-order valence-corrected chi connectivity index (χ1v) is 16.9. The number of nitrogens with zero attached hydrogens (tertiary/aromatic N) is 1. The molecular formula is C38H51N3O7. The van der Waals surface area contributed by atoms with Crippen molar-refractivity contribution in [2.75, 3.05) is 19.8 Å². The van der Waals surface area contributed by atoms with Crippen molar-refractivity contribution in [2.24, 2.45) is 11.8 Å². The molecule has 1 aliphatic rings. The van der Waals surface area contributed by atoms with Gasteiger partial charge in [-0.1, -0.05) is 105 Å². The van der Waals surface area contributed by atoms with E-state index in [1.807, 2.05) is 60.7 Å². The molecule has 0 spiro atoms. The van der Waals surface area contributed by atoms with E-state index in [1.54, 1.807) is 11.0 Å². The molecule has 10 nitrogen and oxygen atoms in total. The number of nitrogens with one attached hydrogen (secondary N) is 2. The van der Waals surface area contributed by atoms with E-state index in [4.69, 9.17) is 9.47 Å². The summed E-state index contributed by atoms with van der Waals surface area (Å²) in [5.41, 5.74) is 1.73. The molecule has 0 bridgehead atoms. The van der Waals surface area contributed by atoms with Gasteiger partial charge in [0.05, 0.1) is 18.6 Å². The van der Waals surface area contributed by atoms with Gasteiger partial charge in [0.15, 0.2) is 0 Å². The Morgan fingerprint density at radius 3 is 2.15 bits per heavy atom. The highest BCUT2D eigenvalue weighted by atomic mass is 16.6. The molecule has 0 heterocycles. The molecule has 2 aromatic carbocycles. The fourth-order valence-corrected chi connectivity index (χ4v) is 5.92. The number of aliphatic hydroxyl groups is 1. The number of benzene rings is 2. The molecular weight excluding hydrogens is 610 g/mol. The van der Waals surface area contributed by atoms with Crippen LogP contribution in [-0.2, 0) is 37.0 Å². The van der Waals surface area contributed by atoms with Crippen molar-refractivity contribution in [3.63, 3.8) is 0 Å². The van der Waals surface area contributed by atoms with E-state index in [0.29, 0.717) is 18.9 Å². The Morgan fingerprint density at radius 1 is 0.875 bits per heavy atom. The Bertz CT molecular complexity index is 1300. The molecule has 260 valence electrons. The summed E-state index contributed by atoms with van der Waals surface area (Å²) < 4.78 is 11.0. The zero-order valence-electron chi connectivity index (χ0n) is 27.9. The second-order valence-electron chi connectivity index (χ2n) is 12.3. The zero-order valence-corrected chi connectivity index (χ0v) is 27.9. The fraction of sp³-hybridized carbons (Fsp3) is 0.474. The Hall–Kier alpha value is -4.44. The lowest BCUT2D eigenvalue weighted by Crippen LogP contribution is -2.46. The van der Waals surface area contributed by atoms with Gasteiger partial charge in [0.25, 0.3) is 0 Å². The summed E-state index contributed by atoms with van der Waals surface area (Å²) in [6.07, 6.45) is 8.80. The minimum Gasteiger partial charge on any atom is -0.462 e. The van der Waals surface area contributed by atoms with Crippen LogP contribution in [-0.4, -0.2) is 65.7 Å². The molecule has 2 aromatic rings. The Labute approximate surface area is 284 Å². The molecule has 10 heteroatoms. The van der Waals surface area contributed by atoms with Crippen LogP contribution in [0.4, 0.5) is 4.79 Å². The number of carbonyl (C=O) groups excluding carboxylic acids is 4. The Balaban J connectivity index is 1.64. The topological polar surface area (TPSA) is 134 Å². The minimum atomic E-state index is -1.01. The van der Waals surface area contributed by atoms with Crippen LogP contribution in [0.5, 0.6) is 0 Å². The maximum absolute atomic E-state index is 13.7. The van der Waals surface area contributed by atoms with E-state index in [1.165, 1.54) is 12.5 Å². The SMILES string of the molecule is C=CCC(CC(=O)N(CCO)Cc1ccccc1)C(=O)NC(COC(=O)C(CC=C)NC(=O)OCc1ccccc1)CC1CCCCC1. The van der Waals surface area contributed by atoms with Crippen LogP contribution in [0.3, 0.4) is 0 Å². The molecule has 0 aromatic heterocycles. The van der Waals surface area contributed by atoms with Gasteiger partial charge in [-0.15, -0.1) is 13.2 Å². The van der Waals surface area contributed by atoms with Crippen LogP contribution in [0.15, 0.2) is 86.0 Å². The summed E-state index contributed by atoms with van der Waals surface area (Å²) in [6, 6.07) is 17.2. The highest BCUT2D eigenvalue weighted by molar-refractivity contribution is 5.86. The zero-order chi connectivity index (χ0) is 34.6. The quantitative estimate of drug-likeness (QED) is 0.127. The summed E-state index contributed by atoms with van der Waals surface area (Å²) in [4.78, 5) is 54.2. The van der Waals surface area contributed by atoms with Crippen LogP contribution in [0.1, 0.15) is 68.9 Å². The van der Waals surface area contributed by atoms with Gasteiger partial charge < -0.3 is 30.1 Å². The molecule has 3 unspecified atom stereocenters. The monoisotopic (exact) mass is 661 g/mol. The van der Waals surface area contributed by atoms with E-state index < -0.39 is 30.1 Å². The van der Waals surface area contributed by atoms with E-state index in [9.17, 15) is 24.3 Å². The van der Waals surface area contributed by atoms with Crippen LogP contribution in [0.2, 0.25) is 0 Å².